The molecule has 1 atom stereocenters. The predicted molar refractivity (Wildman–Crippen MR) is 114 cm³/mol. The third kappa shape index (κ3) is 4.76. The van der Waals surface area contributed by atoms with Gasteiger partial charge in [0.2, 0.25) is 0 Å². The van der Waals surface area contributed by atoms with Gasteiger partial charge in [-0.3, -0.25) is 9.69 Å². The number of ketones is 1. The number of hydrogen-bond donors (Lipinski definition) is 0. The molecule has 1 aromatic carbocycles. The van der Waals surface area contributed by atoms with Gasteiger partial charge in [0.25, 0.3) is 0 Å². The normalized spacial score (nSPS) is 16.6. The zero-order valence-electron chi connectivity index (χ0n) is 16.5. The van der Waals surface area contributed by atoms with Crippen molar-refractivity contribution in [2.75, 3.05) is 44.3 Å². The number of hydrogen-bond acceptors (Lipinski definition) is 4. The lowest BCUT2D eigenvalue weighted by Gasteiger charge is -2.41. The van der Waals surface area contributed by atoms with Gasteiger partial charge in [-0.2, -0.15) is 0 Å². The van der Waals surface area contributed by atoms with Crippen molar-refractivity contribution in [1.82, 2.24) is 4.90 Å². The molecule has 4 heteroatoms. The molecule has 1 heterocycles. The van der Waals surface area contributed by atoms with Crippen molar-refractivity contribution in [3.8, 4) is 0 Å². The van der Waals surface area contributed by atoms with Crippen LogP contribution < -0.4 is 4.90 Å². The highest BCUT2D eigenvalue weighted by molar-refractivity contribution is 6.03. The Morgan fingerprint density at radius 3 is 2.19 bits per heavy atom. The van der Waals surface area contributed by atoms with Gasteiger partial charge >= 0.3 is 0 Å². The zero-order chi connectivity index (χ0) is 19.7. The van der Waals surface area contributed by atoms with Crippen LogP contribution in [0, 0.1) is 0 Å². The van der Waals surface area contributed by atoms with Crippen molar-refractivity contribution in [3.63, 3.8) is 0 Å². The number of carbonyl (C=O) groups excluding carboxylic acids is 1. The maximum atomic E-state index is 13.6. The smallest absolute Gasteiger partial charge is 0.183 e. The maximum absolute atomic E-state index is 13.6. The first-order chi connectivity index (χ1) is 13.1. The highest BCUT2D eigenvalue weighted by Crippen LogP contribution is 2.30. The first-order valence-corrected chi connectivity index (χ1v) is 9.68. The van der Waals surface area contributed by atoms with Crippen molar-refractivity contribution in [3.05, 3.63) is 67.8 Å². The Balaban J connectivity index is 2.31. The van der Waals surface area contributed by atoms with E-state index in [0.29, 0.717) is 25.9 Å². The second-order valence-corrected chi connectivity index (χ2v) is 6.84. The van der Waals surface area contributed by atoms with Gasteiger partial charge in [0.1, 0.15) is 0 Å². The minimum Gasteiger partial charge on any atom is -0.378 e. The molecule has 2 rings (SSSR count). The molecule has 0 amide bonds. The molecule has 1 unspecified atom stereocenters. The molecule has 0 bridgehead atoms. The van der Waals surface area contributed by atoms with Gasteiger partial charge in [-0.1, -0.05) is 25.2 Å². The first kappa shape index (κ1) is 21.1. The van der Waals surface area contributed by atoms with Gasteiger partial charge in [-0.25, -0.2) is 0 Å². The molecule has 1 aliphatic heterocycles. The number of Topliss-reactive ketones (excluding diaryl/α,β-unsaturated/α-hetero) is 1. The Hall–Kier alpha value is -2.17. The fraction of sp³-hybridized carbons (Fsp3) is 0.435. The summed E-state index contributed by atoms with van der Waals surface area (Å²) in [5.41, 5.74) is 1.23. The Bertz CT molecular complexity index is 637. The van der Waals surface area contributed by atoms with Crippen molar-refractivity contribution in [2.45, 2.75) is 25.3 Å². The van der Waals surface area contributed by atoms with E-state index in [-0.39, 0.29) is 5.78 Å². The van der Waals surface area contributed by atoms with Gasteiger partial charge in [0.05, 0.1) is 18.8 Å². The molecular weight excluding hydrogens is 336 g/mol. The molecule has 0 aromatic heterocycles. The fourth-order valence-corrected chi connectivity index (χ4v) is 3.78. The van der Waals surface area contributed by atoms with E-state index in [1.165, 1.54) is 0 Å². The van der Waals surface area contributed by atoms with E-state index in [0.717, 1.165) is 37.6 Å². The topological polar surface area (TPSA) is 32.8 Å². The highest BCUT2D eigenvalue weighted by Gasteiger charge is 2.40. The maximum Gasteiger partial charge on any atom is 0.183 e. The third-order valence-corrected chi connectivity index (χ3v) is 5.30. The number of carbonyl (C=O) groups is 1. The summed E-state index contributed by atoms with van der Waals surface area (Å²) in [5.74, 6) is 0.127. The van der Waals surface area contributed by atoms with Crippen molar-refractivity contribution >= 4 is 11.5 Å². The summed E-state index contributed by atoms with van der Waals surface area (Å²) in [6, 6.07) is 7.97. The summed E-state index contributed by atoms with van der Waals surface area (Å²) in [5, 5.41) is 0. The van der Waals surface area contributed by atoms with Crippen LogP contribution in [-0.2, 0) is 4.74 Å². The lowest BCUT2D eigenvalue weighted by Crippen LogP contribution is -2.54. The van der Waals surface area contributed by atoms with Crippen LogP contribution >= 0.6 is 0 Å². The van der Waals surface area contributed by atoms with E-state index < -0.39 is 5.54 Å². The van der Waals surface area contributed by atoms with Crippen molar-refractivity contribution in [1.29, 1.82) is 0 Å². The Labute approximate surface area is 163 Å². The predicted octanol–water partition coefficient (Wildman–Crippen LogP) is 4.10. The van der Waals surface area contributed by atoms with Gasteiger partial charge in [-0.05, 0) is 37.1 Å². The molecule has 0 saturated carbocycles. The second kappa shape index (κ2) is 10.2. The van der Waals surface area contributed by atoms with Crippen LogP contribution in [0.3, 0.4) is 0 Å². The van der Waals surface area contributed by atoms with Crippen molar-refractivity contribution in [2.24, 2.45) is 0 Å². The number of benzene rings is 1. The van der Waals surface area contributed by atoms with E-state index in [1.807, 2.05) is 42.5 Å². The van der Waals surface area contributed by atoms with Crippen LogP contribution in [0.5, 0.6) is 0 Å². The molecular formula is C23H32N2O2. The van der Waals surface area contributed by atoms with Gasteiger partial charge < -0.3 is 9.64 Å². The monoisotopic (exact) mass is 368 g/mol. The largest absolute Gasteiger partial charge is 0.378 e. The number of rotatable bonds is 11. The fourth-order valence-electron chi connectivity index (χ4n) is 3.78. The Morgan fingerprint density at radius 1 is 1.11 bits per heavy atom. The Morgan fingerprint density at radius 2 is 1.70 bits per heavy atom. The molecule has 27 heavy (non-hydrogen) atoms. The molecule has 0 aliphatic carbocycles. The molecule has 1 aliphatic rings. The summed E-state index contributed by atoms with van der Waals surface area (Å²) in [6.45, 7) is 18.2. The third-order valence-electron chi connectivity index (χ3n) is 5.30. The molecule has 0 N–H and O–H groups in total. The van der Waals surface area contributed by atoms with Crippen LogP contribution in [-0.4, -0.2) is 55.6 Å². The highest BCUT2D eigenvalue weighted by atomic mass is 16.5. The molecule has 4 nitrogen and oxygen atoms in total. The van der Waals surface area contributed by atoms with Crippen LogP contribution in [0.2, 0.25) is 0 Å². The standard InChI is InChI=1S/C23H32N2O2/c1-5-13-23(8-4,25(14-6-2)15-7-3)22(26)20-9-11-21(12-10-20)24-16-18-27-19-17-24/h5-7,9-12H,1-3,8,13-19H2,4H3. The van der Waals surface area contributed by atoms with E-state index in [2.05, 4.69) is 36.5 Å². The summed E-state index contributed by atoms with van der Waals surface area (Å²) in [4.78, 5) is 18.0. The molecule has 146 valence electrons. The number of nitrogens with zero attached hydrogens (tertiary/aromatic N) is 2. The van der Waals surface area contributed by atoms with E-state index in [4.69, 9.17) is 4.74 Å². The Kier molecular flexibility index (Phi) is 8.01. The SMILES string of the molecule is C=CCN(CC=C)C(CC)(CC=C)C(=O)c1ccc(N2CCOCC2)cc1. The number of ether oxygens (including phenoxy) is 1. The minimum absolute atomic E-state index is 0.127. The summed E-state index contributed by atoms with van der Waals surface area (Å²) in [7, 11) is 0. The quantitative estimate of drug-likeness (QED) is 0.435. The first-order valence-electron chi connectivity index (χ1n) is 9.68. The molecule has 0 radical (unpaired) electrons. The van der Waals surface area contributed by atoms with Gasteiger partial charge in [0.15, 0.2) is 5.78 Å². The minimum atomic E-state index is -0.634. The zero-order valence-corrected chi connectivity index (χ0v) is 16.5. The van der Waals surface area contributed by atoms with Crippen LogP contribution in [0.25, 0.3) is 0 Å². The molecule has 1 saturated heterocycles. The lowest BCUT2D eigenvalue weighted by atomic mass is 9.81. The van der Waals surface area contributed by atoms with Crippen LogP contribution in [0.15, 0.2) is 62.2 Å². The average Bonchev–Trinajstić information content (AvgIpc) is 2.72. The summed E-state index contributed by atoms with van der Waals surface area (Å²) < 4.78 is 5.41. The van der Waals surface area contributed by atoms with E-state index in [9.17, 15) is 4.79 Å². The number of morpholine rings is 1. The average molecular weight is 369 g/mol. The van der Waals surface area contributed by atoms with Crippen molar-refractivity contribution < 1.29 is 9.53 Å². The van der Waals surface area contributed by atoms with Gasteiger partial charge in [0, 0.05) is 37.4 Å². The number of anilines is 1. The van der Waals surface area contributed by atoms with Crippen LogP contribution in [0.4, 0.5) is 5.69 Å². The summed E-state index contributed by atoms with van der Waals surface area (Å²) in [6.07, 6.45) is 6.81. The second-order valence-electron chi connectivity index (χ2n) is 6.84. The molecule has 0 spiro atoms. The summed E-state index contributed by atoms with van der Waals surface area (Å²) >= 11 is 0. The van der Waals surface area contributed by atoms with Gasteiger partial charge in [-0.15, -0.1) is 19.7 Å². The van der Waals surface area contributed by atoms with E-state index >= 15 is 0 Å². The van der Waals surface area contributed by atoms with Crippen LogP contribution in [0.1, 0.15) is 30.1 Å². The van der Waals surface area contributed by atoms with E-state index in [1.54, 1.807) is 0 Å². The lowest BCUT2D eigenvalue weighted by molar-refractivity contribution is 0.0598. The molecule has 1 fully saturated rings. The molecule has 1 aromatic rings.